The smallest absolute Gasteiger partial charge is 0.255 e. The molecule has 1 atom stereocenters. The lowest BCUT2D eigenvalue weighted by Gasteiger charge is -2.18. The van der Waals surface area contributed by atoms with Gasteiger partial charge in [-0.3, -0.25) is 9.79 Å². The van der Waals surface area contributed by atoms with Crippen molar-refractivity contribution in [1.82, 2.24) is 10.6 Å². The maximum Gasteiger partial charge on any atom is 0.255 e. The van der Waals surface area contributed by atoms with Gasteiger partial charge >= 0.3 is 0 Å². The molecule has 0 aromatic heterocycles. The van der Waals surface area contributed by atoms with Crippen LogP contribution in [-0.4, -0.2) is 31.6 Å². The number of aliphatic imine (C=N–C) groups is 1. The number of nitrogens with one attached hydrogen (secondary N) is 2. The molecule has 0 aliphatic carbocycles. The first-order valence-electron chi connectivity index (χ1n) is 9.02. The Morgan fingerprint density at radius 1 is 1.31 bits per heavy atom. The zero-order valence-electron chi connectivity index (χ0n) is 16.1. The summed E-state index contributed by atoms with van der Waals surface area (Å²) in [6.45, 7) is 4.91. The summed E-state index contributed by atoms with van der Waals surface area (Å²) < 4.78 is 5.32. The Morgan fingerprint density at radius 2 is 2.08 bits per heavy atom. The molecule has 1 aromatic rings. The number of nitrogens with zero attached hydrogens (tertiary/aromatic N) is 1. The fourth-order valence-electron chi connectivity index (χ4n) is 2.46. The van der Waals surface area contributed by atoms with Gasteiger partial charge < -0.3 is 21.1 Å². The van der Waals surface area contributed by atoms with Crippen LogP contribution in [0.25, 0.3) is 0 Å². The maximum atomic E-state index is 10.8. The Morgan fingerprint density at radius 3 is 2.73 bits per heavy atom. The zero-order valence-corrected chi connectivity index (χ0v) is 18.4. The van der Waals surface area contributed by atoms with Gasteiger partial charge in [0.15, 0.2) is 12.6 Å². The van der Waals surface area contributed by atoms with Crippen LogP contribution in [-0.2, 0) is 11.3 Å². The third-order valence-electron chi connectivity index (χ3n) is 3.84. The van der Waals surface area contributed by atoms with Crippen molar-refractivity contribution in [3.8, 4) is 5.75 Å². The predicted molar refractivity (Wildman–Crippen MR) is 118 cm³/mol. The molecule has 0 bridgehead atoms. The molecular weight excluding hydrogens is 443 g/mol. The summed E-state index contributed by atoms with van der Waals surface area (Å²) in [5.41, 5.74) is 6.13. The number of hydrogen-bond donors (Lipinski definition) is 3. The Bertz CT molecular complexity index is 552. The Hall–Kier alpha value is -1.51. The van der Waals surface area contributed by atoms with Crippen molar-refractivity contribution in [1.29, 1.82) is 0 Å². The summed E-state index contributed by atoms with van der Waals surface area (Å²) >= 11 is 0. The number of nitrogens with two attached hydrogens (primary N) is 1. The number of hydrogen-bond acceptors (Lipinski definition) is 3. The number of rotatable bonds is 11. The highest BCUT2D eigenvalue weighted by Gasteiger charge is 2.06. The lowest BCUT2D eigenvalue weighted by atomic mass is 10.1. The van der Waals surface area contributed by atoms with Crippen LogP contribution in [0.15, 0.2) is 29.3 Å². The lowest BCUT2D eigenvalue weighted by Crippen LogP contribution is -2.41. The van der Waals surface area contributed by atoms with Gasteiger partial charge in [-0.1, -0.05) is 44.7 Å². The number of guanidine groups is 1. The second kappa shape index (κ2) is 14.6. The summed E-state index contributed by atoms with van der Waals surface area (Å²) in [7, 11) is 1.77. The van der Waals surface area contributed by atoms with Crippen LogP contribution in [0.5, 0.6) is 5.75 Å². The van der Waals surface area contributed by atoms with Crippen LogP contribution in [0.3, 0.4) is 0 Å². The van der Waals surface area contributed by atoms with Crippen LogP contribution < -0.4 is 21.1 Å². The lowest BCUT2D eigenvalue weighted by molar-refractivity contribution is -0.119. The molecule has 6 nitrogen and oxygen atoms in total. The van der Waals surface area contributed by atoms with Crippen LogP contribution >= 0.6 is 24.0 Å². The predicted octanol–water partition coefficient (Wildman–Crippen LogP) is 3.19. The minimum Gasteiger partial charge on any atom is -0.484 e. The maximum absolute atomic E-state index is 10.8. The molecule has 0 aliphatic rings. The average Bonchev–Trinajstić information content (AvgIpc) is 2.61. The SMILES string of the molecule is CCCCCCC(C)NC(=NC)NCc1cccc(OCC(N)=O)c1.I. The van der Waals surface area contributed by atoms with Crippen molar-refractivity contribution < 1.29 is 9.53 Å². The number of carbonyl (C=O) groups excluding carboxylic acids is 1. The second-order valence-electron chi connectivity index (χ2n) is 6.22. The van der Waals surface area contributed by atoms with E-state index in [9.17, 15) is 4.79 Å². The molecule has 1 rings (SSSR count). The molecule has 26 heavy (non-hydrogen) atoms. The van der Waals surface area contributed by atoms with E-state index >= 15 is 0 Å². The van der Waals surface area contributed by atoms with Gasteiger partial charge in [0.25, 0.3) is 5.91 Å². The highest BCUT2D eigenvalue weighted by Crippen LogP contribution is 2.13. The molecule has 0 fully saturated rings. The summed E-state index contributed by atoms with van der Waals surface area (Å²) in [5.74, 6) is 0.929. The van der Waals surface area contributed by atoms with Crippen molar-refractivity contribution in [3.05, 3.63) is 29.8 Å². The van der Waals surface area contributed by atoms with Gasteiger partial charge in [-0.15, -0.1) is 24.0 Å². The van der Waals surface area contributed by atoms with E-state index in [1.54, 1.807) is 13.1 Å². The molecule has 1 amide bonds. The largest absolute Gasteiger partial charge is 0.484 e. The molecule has 7 heteroatoms. The Labute approximate surface area is 174 Å². The van der Waals surface area contributed by atoms with Gasteiger partial charge in [0, 0.05) is 19.6 Å². The molecule has 1 unspecified atom stereocenters. The van der Waals surface area contributed by atoms with E-state index in [0.717, 1.165) is 17.9 Å². The summed E-state index contributed by atoms with van der Waals surface area (Å²) in [5, 5.41) is 6.72. The number of benzene rings is 1. The number of unbranched alkanes of at least 4 members (excludes halogenated alkanes) is 3. The van der Waals surface area contributed by atoms with E-state index in [4.69, 9.17) is 10.5 Å². The number of halogens is 1. The average molecular weight is 476 g/mol. The first kappa shape index (κ1) is 24.5. The number of ether oxygens (including phenoxy) is 1. The molecule has 0 radical (unpaired) electrons. The fraction of sp³-hybridized carbons (Fsp3) is 0.579. The van der Waals surface area contributed by atoms with Gasteiger partial charge in [-0.2, -0.15) is 0 Å². The van der Waals surface area contributed by atoms with Gasteiger partial charge in [-0.05, 0) is 31.0 Å². The van der Waals surface area contributed by atoms with Crippen molar-refractivity contribution in [2.45, 2.75) is 58.5 Å². The van der Waals surface area contributed by atoms with Crippen LogP contribution in [0, 0.1) is 0 Å². The first-order valence-corrected chi connectivity index (χ1v) is 9.02. The molecular formula is C19H33IN4O2. The van der Waals surface area contributed by atoms with Crippen molar-refractivity contribution in [2.75, 3.05) is 13.7 Å². The first-order chi connectivity index (χ1) is 12.0. The Kier molecular flexibility index (Phi) is 13.8. The van der Waals surface area contributed by atoms with Gasteiger partial charge in [0.1, 0.15) is 5.75 Å². The normalized spacial score (nSPS) is 12.0. The molecule has 148 valence electrons. The highest BCUT2D eigenvalue weighted by molar-refractivity contribution is 14.0. The van der Waals surface area contributed by atoms with E-state index in [2.05, 4.69) is 29.5 Å². The topological polar surface area (TPSA) is 88.7 Å². The third-order valence-corrected chi connectivity index (χ3v) is 3.84. The minimum atomic E-state index is -0.485. The quantitative estimate of drug-likeness (QED) is 0.198. The molecule has 1 aromatic carbocycles. The molecule has 0 aliphatic heterocycles. The summed E-state index contributed by atoms with van der Waals surface area (Å²) in [6, 6.07) is 7.95. The van der Waals surface area contributed by atoms with Crippen molar-refractivity contribution in [3.63, 3.8) is 0 Å². The molecule has 0 saturated carbocycles. The number of carbonyl (C=O) groups is 1. The number of primary amides is 1. The van der Waals surface area contributed by atoms with Crippen molar-refractivity contribution >= 4 is 35.8 Å². The number of amides is 1. The van der Waals surface area contributed by atoms with Crippen LogP contribution in [0.2, 0.25) is 0 Å². The molecule has 4 N–H and O–H groups in total. The van der Waals surface area contributed by atoms with Crippen LogP contribution in [0.4, 0.5) is 0 Å². The van der Waals surface area contributed by atoms with E-state index in [1.807, 2.05) is 18.2 Å². The monoisotopic (exact) mass is 476 g/mol. The summed E-state index contributed by atoms with van der Waals surface area (Å²) in [4.78, 5) is 15.1. The molecule has 0 spiro atoms. The standard InChI is InChI=1S/C19H32N4O2.HI/c1-4-5-6-7-9-15(2)23-19(21-3)22-13-16-10-8-11-17(12-16)25-14-18(20)24;/h8,10-12,15H,4-7,9,13-14H2,1-3H3,(H2,20,24)(H2,21,22,23);1H. The van der Waals surface area contributed by atoms with E-state index in [-0.39, 0.29) is 30.6 Å². The van der Waals surface area contributed by atoms with Crippen molar-refractivity contribution in [2.24, 2.45) is 10.7 Å². The molecule has 0 heterocycles. The van der Waals surface area contributed by atoms with E-state index in [1.165, 1.54) is 25.7 Å². The second-order valence-corrected chi connectivity index (χ2v) is 6.22. The molecule has 0 saturated heterocycles. The Balaban J connectivity index is 0.00000625. The van der Waals surface area contributed by atoms with Gasteiger partial charge in [0.05, 0.1) is 0 Å². The van der Waals surface area contributed by atoms with E-state index in [0.29, 0.717) is 18.3 Å². The van der Waals surface area contributed by atoms with Crippen LogP contribution in [0.1, 0.15) is 51.5 Å². The van der Waals surface area contributed by atoms with E-state index < -0.39 is 5.91 Å². The third kappa shape index (κ3) is 11.2. The van der Waals surface area contributed by atoms with Gasteiger partial charge in [0.2, 0.25) is 0 Å². The zero-order chi connectivity index (χ0) is 18.5. The highest BCUT2D eigenvalue weighted by atomic mass is 127. The van der Waals surface area contributed by atoms with Gasteiger partial charge in [-0.25, -0.2) is 0 Å². The minimum absolute atomic E-state index is 0. The summed E-state index contributed by atoms with van der Waals surface area (Å²) in [6.07, 6.45) is 6.21. The fourth-order valence-corrected chi connectivity index (χ4v) is 2.46.